The first kappa shape index (κ1) is 17.3. The van der Waals surface area contributed by atoms with Crippen LogP contribution in [0.25, 0.3) is 0 Å². The summed E-state index contributed by atoms with van der Waals surface area (Å²) in [5, 5.41) is 14.8. The molecule has 0 saturated heterocycles. The van der Waals surface area contributed by atoms with Crippen molar-refractivity contribution in [3.05, 3.63) is 15.3 Å². The number of rotatable bonds is 0. The van der Waals surface area contributed by atoms with Crippen LogP contribution in [0, 0.1) is 15.3 Å². The van der Waals surface area contributed by atoms with E-state index in [1.54, 1.807) is 0 Å². The molecule has 5 nitrogen and oxygen atoms in total. The molecule has 0 fully saturated rings. The van der Waals surface area contributed by atoms with Gasteiger partial charge in [0.1, 0.15) is 0 Å². The molecule has 0 bridgehead atoms. The second-order valence-electron chi connectivity index (χ2n) is 0.224. The van der Waals surface area contributed by atoms with E-state index in [-0.39, 0.29) is 22.8 Å². The van der Waals surface area contributed by atoms with Crippen LogP contribution in [0.15, 0.2) is 0 Å². The normalized spacial score (nSPS) is 4.00. The van der Waals surface area contributed by atoms with Gasteiger partial charge in [0.05, 0.1) is 5.09 Å². The van der Waals surface area contributed by atoms with Gasteiger partial charge in [-0.3, -0.25) is 0 Å². The van der Waals surface area contributed by atoms with Crippen molar-refractivity contribution in [3.8, 4) is 0 Å². The van der Waals surface area contributed by atoms with Crippen molar-refractivity contribution in [1.82, 2.24) is 0 Å². The fraction of sp³-hybridized carbons (Fsp3) is 0. The summed E-state index contributed by atoms with van der Waals surface area (Å²) < 4.78 is 0. The van der Waals surface area contributed by atoms with E-state index in [4.69, 9.17) is 15.3 Å². The average molecular weight is 132 g/mol. The first-order valence-electron chi connectivity index (χ1n) is 0.548. The zero-order chi connectivity index (χ0) is 3.58. The minimum atomic E-state index is -1.75. The molecule has 0 saturated carbocycles. The van der Waals surface area contributed by atoms with Crippen molar-refractivity contribution in [1.29, 1.82) is 0 Å². The zero-order valence-corrected chi connectivity index (χ0v) is 3.86. The summed E-state index contributed by atoms with van der Waals surface area (Å²) in [4.78, 5) is 8.25. The molecule has 0 aromatic rings. The molecule has 0 unspecified atom stereocenters. The average Bonchev–Trinajstić information content (AvgIpc) is 0.811. The van der Waals surface area contributed by atoms with Gasteiger partial charge in [-0.25, -0.2) is 0 Å². The van der Waals surface area contributed by atoms with E-state index in [2.05, 4.69) is 0 Å². The first-order valence-corrected chi connectivity index (χ1v) is 0.548. The standard InChI is InChI=1S/Cr.NO3.H2O/c;2-1(3)4;/h;;1H2/q;-1;. The van der Waals surface area contributed by atoms with E-state index < -0.39 is 5.09 Å². The molecule has 0 aliphatic rings. The van der Waals surface area contributed by atoms with Gasteiger partial charge in [-0.05, 0) is 0 Å². The molecular weight excluding hydrogens is 130 g/mol. The third-order valence-electron chi connectivity index (χ3n) is 0. The molecule has 0 aliphatic carbocycles. The van der Waals surface area contributed by atoms with Crippen LogP contribution in [0.2, 0.25) is 0 Å². The quantitative estimate of drug-likeness (QED) is 0.310. The van der Waals surface area contributed by atoms with Crippen LogP contribution in [0.3, 0.4) is 0 Å². The van der Waals surface area contributed by atoms with Crippen molar-refractivity contribution >= 4 is 0 Å². The van der Waals surface area contributed by atoms with Crippen molar-refractivity contribution in [2.24, 2.45) is 0 Å². The maximum atomic E-state index is 8.25. The molecule has 0 aliphatic heterocycles. The summed E-state index contributed by atoms with van der Waals surface area (Å²) in [6, 6.07) is 0. The number of hydrogen-bond acceptors (Lipinski definition) is 3. The molecule has 0 aromatic carbocycles. The van der Waals surface area contributed by atoms with Crippen LogP contribution in [0.1, 0.15) is 0 Å². The van der Waals surface area contributed by atoms with Crippen LogP contribution in [-0.4, -0.2) is 10.6 Å². The SMILES string of the molecule is O.O=[N+]([O-])[O-].[Cr]. The Morgan fingerprint density at radius 3 is 1.33 bits per heavy atom. The van der Waals surface area contributed by atoms with Gasteiger partial charge in [0.15, 0.2) is 0 Å². The van der Waals surface area contributed by atoms with Crippen molar-refractivity contribution in [2.75, 3.05) is 0 Å². The van der Waals surface area contributed by atoms with E-state index in [0.717, 1.165) is 0 Å². The summed E-state index contributed by atoms with van der Waals surface area (Å²) in [7, 11) is 0. The summed E-state index contributed by atoms with van der Waals surface area (Å²) in [5.74, 6) is 0. The van der Waals surface area contributed by atoms with Crippen LogP contribution < -0.4 is 0 Å². The Morgan fingerprint density at radius 2 is 1.33 bits per heavy atom. The molecule has 0 rings (SSSR count). The van der Waals surface area contributed by atoms with Gasteiger partial charge in [-0.1, -0.05) is 0 Å². The van der Waals surface area contributed by atoms with Gasteiger partial charge < -0.3 is 20.8 Å². The monoisotopic (exact) mass is 132 g/mol. The Morgan fingerprint density at radius 1 is 1.33 bits per heavy atom. The summed E-state index contributed by atoms with van der Waals surface area (Å²) >= 11 is 0. The molecule has 0 spiro atoms. The number of nitrogens with zero attached hydrogens (tertiary/aromatic N) is 1. The first-order chi connectivity index (χ1) is 1.73. The Hall–Kier alpha value is -0.308. The second-order valence-corrected chi connectivity index (χ2v) is 0.224. The van der Waals surface area contributed by atoms with Gasteiger partial charge in [0.2, 0.25) is 0 Å². The maximum Gasteiger partial charge on any atom is 0.0689 e. The Kier molecular flexibility index (Phi) is 25.4. The molecule has 0 amide bonds. The summed E-state index contributed by atoms with van der Waals surface area (Å²) in [5.41, 5.74) is 0. The van der Waals surface area contributed by atoms with Crippen LogP contribution in [0.4, 0.5) is 0 Å². The smallest absolute Gasteiger partial charge is 0.0689 e. The van der Waals surface area contributed by atoms with Crippen LogP contribution in [0.5, 0.6) is 0 Å². The predicted octanol–water partition coefficient (Wildman–Crippen LogP) is -1.07. The third kappa shape index (κ3) is 283. The van der Waals surface area contributed by atoms with Gasteiger partial charge >= 0.3 is 0 Å². The van der Waals surface area contributed by atoms with Crippen LogP contribution in [-0.2, 0) is 17.4 Å². The molecule has 6 heavy (non-hydrogen) atoms. The third-order valence-corrected chi connectivity index (χ3v) is 0. The molecule has 38 valence electrons. The summed E-state index contributed by atoms with van der Waals surface area (Å²) in [6.45, 7) is 0. The molecular formula is H2CrNO4-. The van der Waals surface area contributed by atoms with Crippen LogP contribution >= 0.6 is 0 Å². The fourth-order valence-corrected chi connectivity index (χ4v) is 0. The van der Waals surface area contributed by atoms with E-state index in [1.165, 1.54) is 0 Å². The second kappa shape index (κ2) is 8.83. The molecule has 0 radical (unpaired) electrons. The van der Waals surface area contributed by atoms with Gasteiger partial charge in [0.25, 0.3) is 0 Å². The van der Waals surface area contributed by atoms with Gasteiger partial charge in [-0.15, -0.1) is 0 Å². The van der Waals surface area contributed by atoms with E-state index in [9.17, 15) is 0 Å². The molecule has 6 heteroatoms. The minimum Gasteiger partial charge on any atom is -0.412 e. The van der Waals surface area contributed by atoms with E-state index in [1.807, 2.05) is 0 Å². The Labute approximate surface area is 44.1 Å². The Balaban J connectivity index is -0.0000000450. The number of hydrogen-bond donors (Lipinski definition) is 0. The minimum absolute atomic E-state index is 0. The topological polar surface area (TPSA) is 97.7 Å². The van der Waals surface area contributed by atoms with E-state index >= 15 is 0 Å². The predicted molar refractivity (Wildman–Crippen MR) is 14.0 cm³/mol. The van der Waals surface area contributed by atoms with Crippen molar-refractivity contribution in [3.63, 3.8) is 0 Å². The van der Waals surface area contributed by atoms with Crippen molar-refractivity contribution < 1.29 is 27.9 Å². The Bertz CT molecular complexity index is 30.5. The molecule has 0 heterocycles. The van der Waals surface area contributed by atoms with Crippen molar-refractivity contribution in [2.45, 2.75) is 0 Å². The molecule has 0 aromatic heterocycles. The fourth-order valence-electron chi connectivity index (χ4n) is 0. The molecule has 2 N–H and O–H groups in total. The van der Waals surface area contributed by atoms with Gasteiger partial charge in [-0.2, -0.15) is 0 Å². The summed E-state index contributed by atoms with van der Waals surface area (Å²) in [6.07, 6.45) is 0. The maximum absolute atomic E-state index is 8.25. The molecule has 0 atom stereocenters. The largest absolute Gasteiger partial charge is 0.412 e. The zero-order valence-electron chi connectivity index (χ0n) is 2.58. The van der Waals surface area contributed by atoms with Gasteiger partial charge in [0, 0.05) is 17.4 Å². The van der Waals surface area contributed by atoms with E-state index in [0.29, 0.717) is 0 Å².